The van der Waals surface area contributed by atoms with E-state index in [-0.39, 0.29) is 18.6 Å². The van der Waals surface area contributed by atoms with Crippen molar-refractivity contribution < 1.29 is 9.53 Å². The molecular weight excluding hydrogens is 332 g/mol. The van der Waals surface area contributed by atoms with Crippen LogP contribution in [0.2, 0.25) is 0 Å². The Labute approximate surface area is 152 Å². The summed E-state index contributed by atoms with van der Waals surface area (Å²) >= 11 is 1.63. The standard InChI is InChI=1S/C20H22N2O2S/c1-3-17-14-25-20(21-16-9-7-8-15(2)12-16)22(17)19(23)13-24-18-10-5-4-6-11-18/h4-12,17H,3,13-14H2,1-2H3/t17-/m1/s1. The van der Waals surface area contributed by atoms with Gasteiger partial charge in [-0.05, 0) is 43.2 Å². The van der Waals surface area contributed by atoms with E-state index in [4.69, 9.17) is 9.73 Å². The first-order valence-corrected chi connectivity index (χ1v) is 9.44. The Morgan fingerprint density at radius 2 is 2.04 bits per heavy atom. The second kappa shape index (κ2) is 8.21. The molecule has 0 saturated carbocycles. The molecule has 0 N–H and O–H groups in total. The number of thioether (sulfide) groups is 1. The molecule has 0 spiro atoms. The first-order chi connectivity index (χ1) is 12.2. The molecule has 1 saturated heterocycles. The van der Waals surface area contributed by atoms with E-state index in [2.05, 4.69) is 6.92 Å². The molecule has 0 aliphatic carbocycles. The van der Waals surface area contributed by atoms with Crippen LogP contribution in [0.25, 0.3) is 0 Å². The van der Waals surface area contributed by atoms with E-state index in [1.54, 1.807) is 16.7 Å². The number of hydrogen-bond donors (Lipinski definition) is 0. The minimum absolute atomic E-state index is 0.0217. The molecule has 5 heteroatoms. The Hall–Kier alpha value is -2.27. The topological polar surface area (TPSA) is 41.9 Å². The molecule has 1 heterocycles. The number of amides is 1. The van der Waals surface area contributed by atoms with Gasteiger partial charge in [-0.15, -0.1) is 0 Å². The van der Waals surface area contributed by atoms with E-state index < -0.39 is 0 Å². The van der Waals surface area contributed by atoms with Gasteiger partial charge in [-0.2, -0.15) is 0 Å². The van der Waals surface area contributed by atoms with Crippen LogP contribution in [0.5, 0.6) is 5.75 Å². The maximum Gasteiger partial charge on any atom is 0.266 e. The third kappa shape index (κ3) is 4.42. The van der Waals surface area contributed by atoms with Crippen molar-refractivity contribution in [2.24, 2.45) is 4.99 Å². The van der Waals surface area contributed by atoms with Crippen molar-refractivity contribution in [3.8, 4) is 5.75 Å². The number of aliphatic imine (C=N–C) groups is 1. The number of aryl methyl sites for hydroxylation is 1. The van der Waals surface area contributed by atoms with Crippen molar-refractivity contribution >= 4 is 28.5 Å². The van der Waals surface area contributed by atoms with Gasteiger partial charge in [0.15, 0.2) is 11.8 Å². The van der Waals surface area contributed by atoms with Crippen molar-refractivity contribution in [2.45, 2.75) is 26.3 Å². The van der Waals surface area contributed by atoms with Crippen LogP contribution in [0.15, 0.2) is 59.6 Å². The van der Waals surface area contributed by atoms with Gasteiger partial charge in [0.1, 0.15) is 5.75 Å². The van der Waals surface area contributed by atoms with E-state index >= 15 is 0 Å². The zero-order valence-electron chi connectivity index (χ0n) is 14.5. The molecule has 1 atom stereocenters. The molecule has 25 heavy (non-hydrogen) atoms. The Morgan fingerprint density at radius 1 is 1.24 bits per heavy atom. The van der Waals surface area contributed by atoms with Gasteiger partial charge in [0, 0.05) is 11.8 Å². The first-order valence-electron chi connectivity index (χ1n) is 8.45. The summed E-state index contributed by atoms with van der Waals surface area (Å²) in [4.78, 5) is 19.3. The fourth-order valence-corrected chi connectivity index (χ4v) is 3.99. The lowest BCUT2D eigenvalue weighted by molar-refractivity contribution is -0.130. The number of rotatable bonds is 5. The average molecular weight is 354 g/mol. The van der Waals surface area contributed by atoms with Crippen LogP contribution in [0, 0.1) is 6.92 Å². The maximum atomic E-state index is 12.8. The minimum Gasteiger partial charge on any atom is -0.484 e. The highest BCUT2D eigenvalue weighted by atomic mass is 32.2. The number of ether oxygens (including phenoxy) is 1. The number of benzene rings is 2. The van der Waals surface area contributed by atoms with Gasteiger partial charge in [0.25, 0.3) is 5.91 Å². The highest BCUT2D eigenvalue weighted by Gasteiger charge is 2.34. The van der Waals surface area contributed by atoms with Gasteiger partial charge in [-0.1, -0.05) is 49.0 Å². The van der Waals surface area contributed by atoms with Gasteiger partial charge in [0.2, 0.25) is 0 Å². The Morgan fingerprint density at radius 3 is 2.76 bits per heavy atom. The summed E-state index contributed by atoms with van der Waals surface area (Å²) in [6.07, 6.45) is 0.900. The quantitative estimate of drug-likeness (QED) is 0.798. The lowest BCUT2D eigenvalue weighted by Crippen LogP contribution is -2.41. The molecule has 1 aliphatic rings. The number of carbonyl (C=O) groups excluding carboxylic acids is 1. The van der Waals surface area contributed by atoms with E-state index in [0.717, 1.165) is 28.6 Å². The largest absolute Gasteiger partial charge is 0.484 e. The van der Waals surface area contributed by atoms with Crippen molar-refractivity contribution in [3.05, 3.63) is 60.2 Å². The summed E-state index contributed by atoms with van der Waals surface area (Å²) in [5.41, 5.74) is 2.03. The summed E-state index contributed by atoms with van der Waals surface area (Å²) in [7, 11) is 0. The molecular formula is C20H22N2O2S. The van der Waals surface area contributed by atoms with Gasteiger partial charge >= 0.3 is 0 Å². The summed E-state index contributed by atoms with van der Waals surface area (Å²) in [6, 6.07) is 17.6. The second-order valence-corrected chi connectivity index (χ2v) is 6.96. The van der Waals surface area contributed by atoms with Crippen LogP contribution in [0.4, 0.5) is 5.69 Å². The molecule has 2 aromatic rings. The predicted molar refractivity (Wildman–Crippen MR) is 104 cm³/mol. The number of carbonyl (C=O) groups is 1. The van der Waals surface area contributed by atoms with Crippen LogP contribution in [-0.4, -0.2) is 34.4 Å². The monoisotopic (exact) mass is 354 g/mol. The average Bonchev–Trinajstić information content (AvgIpc) is 3.03. The summed E-state index contributed by atoms with van der Waals surface area (Å²) in [6.45, 7) is 4.16. The van der Waals surface area contributed by atoms with Crippen molar-refractivity contribution in [1.29, 1.82) is 0 Å². The Balaban J connectivity index is 1.76. The first kappa shape index (κ1) is 17.5. The third-order valence-corrected chi connectivity index (χ3v) is 5.15. The van der Waals surface area contributed by atoms with Crippen LogP contribution < -0.4 is 4.74 Å². The van der Waals surface area contributed by atoms with Crippen molar-refractivity contribution in [1.82, 2.24) is 4.90 Å². The van der Waals surface area contributed by atoms with Crippen LogP contribution in [0.3, 0.4) is 0 Å². The zero-order chi connectivity index (χ0) is 17.6. The fraction of sp³-hybridized carbons (Fsp3) is 0.300. The predicted octanol–water partition coefficient (Wildman–Crippen LogP) is 4.42. The number of amidine groups is 1. The number of nitrogens with zero attached hydrogens (tertiary/aromatic N) is 2. The van der Waals surface area contributed by atoms with Crippen LogP contribution >= 0.6 is 11.8 Å². The van der Waals surface area contributed by atoms with Crippen LogP contribution in [0.1, 0.15) is 18.9 Å². The fourth-order valence-electron chi connectivity index (χ4n) is 2.71. The SMILES string of the molecule is CC[C@@H]1CSC(=Nc2cccc(C)c2)N1C(=O)COc1ccccc1. The van der Waals surface area contributed by atoms with Crippen molar-refractivity contribution in [2.75, 3.05) is 12.4 Å². The molecule has 1 fully saturated rings. The van der Waals surface area contributed by atoms with Gasteiger partial charge < -0.3 is 4.74 Å². The van der Waals surface area contributed by atoms with E-state index in [1.807, 2.05) is 61.5 Å². The second-order valence-electron chi connectivity index (χ2n) is 5.97. The van der Waals surface area contributed by atoms with E-state index in [0.29, 0.717) is 5.75 Å². The molecule has 0 bridgehead atoms. The highest BCUT2D eigenvalue weighted by molar-refractivity contribution is 8.14. The summed E-state index contributed by atoms with van der Waals surface area (Å²) in [5.74, 6) is 1.53. The van der Waals surface area contributed by atoms with E-state index in [9.17, 15) is 4.79 Å². The summed E-state index contributed by atoms with van der Waals surface area (Å²) in [5, 5.41) is 0.763. The Bertz CT molecular complexity index is 761. The van der Waals surface area contributed by atoms with Gasteiger partial charge in [-0.25, -0.2) is 4.99 Å². The summed E-state index contributed by atoms with van der Waals surface area (Å²) < 4.78 is 5.64. The molecule has 3 rings (SSSR count). The normalized spacial score (nSPS) is 18.6. The molecule has 130 valence electrons. The molecule has 1 amide bonds. The lowest BCUT2D eigenvalue weighted by atomic mass is 10.2. The molecule has 4 nitrogen and oxygen atoms in total. The Kier molecular flexibility index (Phi) is 5.76. The molecule has 0 unspecified atom stereocenters. The lowest BCUT2D eigenvalue weighted by Gasteiger charge is -2.23. The number of hydrogen-bond acceptors (Lipinski definition) is 4. The molecule has 0 aromatic heterocycles. The van der Waals surface area contributed by atoms with Gasteiger partial charge in [0.05, 0.1) is 5.69 Å². The van der Waals surface area contributed by atoms with Gasteiger partial charge in [-0.3, -0.25) is 9.69 Å². The maximum absolute atomic E-state index is 12.8. The van der Waals surface area contributed by atoms with E-state index in [1.165, 1.54) is 0 Å². The molecule has 2 aromatic carbocycles. The molecule has 0 radical (unpaired) electrons. The van der Waals surface area contributed by atoms with Crippen LogP contribution in [-0.2, 0) is 4.79 Å². The third-order valence-electron chi connectivity index (χ3n) is 4.05. The zero-order valence-corrected chi connectivity index (χ0v) is 15.3. The highest BCUT2D eigenvalue weighted by Crippen LogP contribution is 2.29. The number of para-hydroxylation sites is 1. The smallest absolute Gasteiger partial charge is 0.266 e. The molecule has 1 aliphatic heterocycles. The van der Waals surface area contributed by atoms with Crippen molar-refractivity contribution in [3.63, 3.8) is 0 Å². The minimum atomic E-state index is -0.0490.